The molecule has 4 rings (SSSR count). The lowest BCUT2D eigenvalue weighted by molar-refractivity contribution is -0.249. The molecule has 13 heteroatoms. The molecule has 11 nitrogen and oxygen atoms in total. The Labute approximate surface area is 239 Å². The van der Waals surface area contributed by atoms with Crippen LogP contribution >= 0.6 is 0 Å². The highest BCUT2D eigenvalue weighted by Gasteiger charge is 2.50. The maximum Gasteiger partial charge on any atom is 0.297 e. The fourth-order valence-corrected chi connectivity index (χ4v) is 6.29. The van der Waals surface area contributed by atoms with Crippen LogP contribution in [0.2, 0.25) is 0 Å². The minimum absolute atomic E-state index is 0.125. The number of carbonyl (C=O) groups excluding carboxylic acids is 1. The van der Waals surface area contributed by atoms with E-state index >= 15 is 0 Å². The second-order valence-electron chi connectivity index (χ2n) is 9.51. The molecular weight excluding hydrogens is 574 g/mol. The van der Waals surface area contributed by atoms with Crippen molar-refractivity contribution in [3.63, 3.8) is 0 Å². The number of aryl methyl sites for hydroxylation is 2. The van der Waals surface area contributed by atoms with Gasteiger partial charge in [-0.1, -0.05) is 53.6 Å². The Morgan fingerprint density at radius 3 is 1.90 bits per heavy atom. The Morgan fingerprint density at radius 2 is 1.37 bits per heavy atom. The van der Waals surface area contributed by atoms with Crippen LogP contribution in [-0.4, -0.2) is 72.2 Å². The largest absolute Gasteiger partial charge is 0.376 e. The molecule has 0 aliphatic carbocycles. The Morgan fingerprint density at radius 1 is 0.829 bits per heavy atom. The van der Waals surface area contributed by atoms with Gasteiger partial charge >= 0.3 is 0 Å². The van der Waals surface area contributed by atoms with Gasteiger partial charge < -0.3 is 19.9 Å². The van der Waals surface area contributed by atoms with E-state index in [1.54, 1.807) is 68.4 Å². The molecule has 0 aromatic heterocycles. The van der Waals surface area contributed by atoms with Gasteiger partial charge in [-0.3, -0.25) is 13.2 Å². The van der Waals surface area contributed by atoms with Crippen molar-refractivity contribution in [2.45, 2.75) is 54.3 Å². The highest BCUT2D eigenvalue weighted by molar-refractivity contribution is 7.87. The molecule has 1 saturated heterocycles. The van der Waals surface area contributed by atoms with E-state index in [2.05, 4.69) is 5.32 Å². The van der Waals surface area contributed by atoms with Gasteiger partial charge in [-0.2, -0.15) is 16.8 Å². The number of methoxy groups -OCH3 is 1. The number of benzene rings is 3. The van der Waals surface area contributed by atoms with Crippen molar-refractivity contribution >= 4 is 26.1 Å². The third kappa shape index (κ3) is 7.38. The first-order chi connectivity index (χ1) is 19.4. The van der Waals surface area contributed by atoms with Crippen molar-refractivity contribution in [3.05, 3.63) is 95.6 Å². The van der Waals surface area contributed by atoms with Crippen molar-refractivity contribution < 1.29 is 44.6 Å². The molecule has 5 atom stereocenters. The predicted octanol–water partition coefficient (Wildman–Crippen LogP) is 2.31. The number of aliphatic hydroxyl groups is 1. The molecule has 3 aromatic rings. The van der Waals surface area contributed by atoms with Crippen LogP contribution in [0.3, 0.4) is 0 Å². The lowest BCUT2D eigenvalue weighted by Crippen LogP contribution is -2.65. The zero-order valence-corrected chi connectivity index (χ0v) is 24.2. The summed E-state index contributed by atoms with van der Waals surface area (Å²) in [7, 11) is -7.50. The Balaban J connectivity index is 1.63. The molecule has 0 spiro atoms. The fourth-order valence-electron chi connectivity index (χ4n) is 4.26. The van der Waals surface area contributed by atoms with Crippen LogP contribution < -0.4 is 5.32 Å². The van der Waals surface area contributed by atoms with E-state index in [1.807, 2.05) is 0 Å². The number of ether oxygens (including phenoxy) is 2. The van der Waals surface area contributed by atoms with Crippen LogP contribution in [0.1, 0.15) is 21.5 Å². The standard InChI is InChI=1S/C28H31NO10S2/c1-18-9-13-21(14-10-18)40(32,33)37-17-23-25(39-41(34,35)22-15-11-19(2)12-16-22)26(36-3)24(28(31)38-23)29-27(30)20-7-5-4-6-8-20/h4-16,23-26,28,31H,17H2,1-3H3,(H,29,30)/t23-,24+,25-,26-,28+/m1/s1. The molecule has 1 aliphatic heterocycles. The van der Waals surface area contributed by atoms with Gasteiger partial charge in [0, 0.05) is 12.7 Å². The summed E-state index contributed by atoms with van der Waals surface area (Å²) >= 11 is 0. The minimum Gasteiger partial charge on any atom is -0.376 e. The first-order valence-corrected chi connectivity index (χ1v) is 15.4. The lowest BCUT2D eigenvalue weighted by Gasteiger charge is -2.43. The SMILES string of the molecule is CO[C@@H]1[C@H](NC(=O)c2ccccc2)[C@@H](O)O[C@H](COS(=O)(=O)c2ccc(C)cc2)[C@H]1OS(=O)(=O)c1ccc(C)cc1. The van der Waals surface area contributed by atoms with E-state index in [-0.39, 0.29) is 15.4 Å². The van der Waals surface area contributed by atoms with Gasteiger partial charge in [0.2, 0.25) is 0 Å². The van der Waals surface area contributed by atoms with E-state index in [9.17, 15) is 26.7 Å². The highest BCUT2D eigenvalue weighted by Crippen LogP contribution is 2.29. The molecule has 1 fully saturated rings. The van der Waals surface area contributed by atoms with Crippen LogP contribution in [0, 0.1) is 13.8 Å². The Bertz CT molecular complexity index is 1540. The van der Waals surface area contributed by atoms with Crippen molar-refractivity contribution in [2.75, 3.05) is 13.7 Å². The van der Waals surface area contributed by atoms with Crippen molar-refractivity contribution in [1.82, 2.24) is 5.32 Å². The number of nitrogens with one attached hydrogen (secondary N) is 1. The maximum absolute atomic E-state index is 13.3. The zero-order chi connectivity index (χ0) is 29.8. The average Bonchev–Trinajstić information content (AvgIpc) is 2.94. The summed E-state index contributed by atoms with van der Waals surface area (Å²) < 4.78 is 74.1. The molecule has 0 bridgehead atoms. The van der Waals surface area contributed by atoms with Gasteiger partial charge in [-0.25, -0.2) is 0 Å². The molecule has 1 aliphatic rings. The molecular formula is C28H31NO10S2. The second-order valence-corrected chi connectivity index (χ2v) is 12.7. The average molecular weight is 606 g/mol. The van der Waals surface area contributed by atoms with E-state index in [0.29, 0.717) is 0 Å². The summed E-state index contributed by atoms with van der Waals surface area (Å²) in [5.41, 5.74) is 1.93. The summed E-state index contributed by atoms with van der Waals surface area (Å²) in [5.74, 6) is -0.586. The number of aliphatic hydroxyl groups excluding tert-OH is 1. The molecule has 1 heterocycles. The van der Waals surface area contributed by atoms with Gasteiger partial charge in [-0.15, -0.1) is 0 Å². The monoisotopic (exact) mass is 605 g/mol. The van der Waals surface area contributed by atoms with E-state index in [4.69, 9.17) is 17.8 Å². The minimum atomic E-state index is -4.44. The number of amides is 1. The van der Waals surface area contributed by atoms with Crippen LogP contribution in [-0.2, 0) is 38.1 Å². The number of hydrogen-bond acceptors (Lipinski definition) is 10. The first-order valence-electron chi connectivity index (χ1n) is 12.6. The van der Waals surface area contributed by atoms with Crippen molar-refractivity contribution in [2.24, 2.45) is 0 Å². The summed E-state index contributed by atoms with van der Waals surface area (Å²) in [6.45, 7) is 2.86. The summed E-state index contributed by atoms with van der Waals surface area (Å²) in [5, 5.41) is 13.5. The van der Waals surface area contributed by atoms with Crippen LogP contribution in [0.15, 0.2) is 88.7 Å². The predicted molar refractivity (Wildman–Crippen MR) is 147 cm³/mol. The molecule has 2 N–H and O–H groups in total. The van der Waals surface area contributed by atoms with Gasteiger partial charge in [-0.05, 0) is 50.2 Å². The smallest absolute Gasteiger partial charge is 0.297 e. The molecule has 220 valence electrons. The van der Waals surface area contributed by atoms with Crippen LogP contribution in [0.25, 0.3) is 0 Å². The fraction of sp³-hybridized carbons (Fsp3) is 0.321. The first kappa shape index (κ1) is 30.8. The molecule has 0 radical (unpaired) electrons. The van der Waals surface area contributed by atoms with E-state index in [0.717, 1.165) is 11.1 Å². The van der Waals surface area contributed by atoms with Gasteiger partial charge in [0.25, 0.3) is 26.1 Å². The van der Waals surface area contributed by atoms with Crippen molar-refractivity contribution in [1.29, 1.82) is 0 Å². The molecule has 1 amide bonds. The van der Waals surface area contributed by atoms with E-state index < -0.39 is 63.4 Å². The summed E-state index contributed by atoms with van der Waals surface area (Å²) in [4.78, 5) is 12.6. The van der Waals surface area contributed by atoms with Crippen LogP contribution in [0.4, 0.5) is 0 Å². The lowest BCUT2D eigenvalue weighted by atomic mass is 9.96. The molecule has 0 saturated carbocycles. The van der Waals surface area contributed by atoms with Gasteiger partial charge in [0.05, 0.1) is 16.4 Å². The molecule has 3 aromatic carbocycles. The topological polar surface area (TPSA) is 155 Å². The number of hydrogen-bond donors (Lipinski definition) is 2. The van der Waals surface area contributed by atoms with Gasteiger partial charge in [0.15, 0.2) is 6.29 Å². The van der Waals surface area contributed by atoms with Crippen molar-refractivity contribution in [3.8, 4) is 0 Å². The third-order valence-electron chi connectivity index (χ3n) is 6.52. The number of rotatable bonds is 10. The highest BCUT2D eigenvalue weighted by atomic mass is 32.2. The molecule has 0 unspecified atom stereocenters. The zero-order valence-electron chi connectivity index (χ0n) is 22.5. The second kappa shape index (κ2) is 12.8. The maximum atomic E-state index is 13.3. The summed E-state index contributed by atoms with van der Waals surface area (Å²) in [6, 6.07) is 18.6. The normalized spacial score (nSPS) is 23.2. The van der Waals surface area contributed by atoms with Gasteiger partial charge in [0.1, 0.15) is 24.4 Å². The summed E-state index contributed by atoms with van der Waals surface area (Å²) in [6.07, 6.45) is -6.02. The third-order valence-corrected chi connectivity index (χ3v) is 9.14. The molecule has 41 heavy (non-hydrogen) atoms. The Kier molecular flexibility index (Phi) is 9.59. The quantitative estimate of drug-likeness (QED) is 0.329. The van der Waals surface area contributed by atoms with E-state index in [1.165, 1.54) is 31.4 Å². The number of carbonyl (C=O) groups is 1. The van der Waals surface area contributed by atoms with Crippen LogP contribution in [0.5, 0.6) is 0 Å². The Hall–Kier alpha value is -3.17.